The lowest BCUT2D eigenvalue weighted by molar-refractivity contribution is -0.113. The molecule has 1 heterocycles. The van der Waals surface area contributed by atoms with E-state index in [0.29, 0.717) is 16.5 Å². The number of hydrogen-bond acceptors (Lipinski definition) is 6. The average Bonchev–Trinajstić information content (AvgIpc) is 3.03. The van der Waals surface area contributed by atoms with Crippen LogP contribution in [-0.2, 0) is 22.4 Å². The van der Waals surface area contributed by atoms with Crippen molar-refractivity contribution in [2.75, 3.05) is 18.2 Å². The zero-order chi connectivity index (χ0) is 20.1. The van der Waals surface area contributed by atoms with Crippen LogP contribution in [0.3, 0.4) is 0 Å². The molecule has 0 radical (unpaired) electrons. The number of alkyl carbamates (subject to hydrolysis) is 1. The van der Waals surface area contributed by atoms with Crippen molar-refractivity contribution in [1.82, 2.24) is 5.32 Å². The second-order valence-corrected chi connectivity index (χ2v) is 8.81. The summed E-state index contributed by atoms with van der Waals surface area (Å²) in [5, 5.41) is 5.58. The average molecular weight is 419 g/mol. The van der Waals surface area contributed by atoms with E-state index in [-0.39, 0.29) is 11.7 Å². The molecule has 0 unspecified atom stereocenters. The number of imide groups is 1. The van der Waals surface area contributed by atoms with Gasteiger partial charge in [0.2, 0.25) is 5.91 Å². The van der Waals surface area contributed by atoms with Gasteiger partial charge in [-0.2, -0.15) is 0 Å². The quantitative estimate of drug-likeness (QED) is 0.714. The third-order valence-electron chi connectivity index (χ3n) is 4.51. The summed E-state index contributed by atoms with van der Waals surface area (Å²) in [6, 6.07) is 9.65. The molecule has 8 heteroatoms. The van der Waals surface area contributed by atoms with E-state index in [4.69, 9.17) is 0 Å². The predicted octanol–water partition coefficient (Wildman–Crippen LogP) is 4.10. The molecule has 0 spiro atoms. The minimum Gasteiger partial charge on any atom is -0.453 e. The van der Waals surface area contributed by atoms with Gasteiger partial charge in [-0.1, -0.05) is 25.1 Å². The van der Waals surface area contributed by atoms with Crippen molar-refractivity contribution in [3.8, 4) is 0 Å². The topological polar surface area (TPSA) is 84.5 Å². The summed E-state index contributed by atoms with van der Waals surface area (Å²) in [5.74, 6) is 0.0403. The van der Waals surface area contributed by atoms with E-state index in [0.717, 1.165) is 34.6 Å². The first-order chi connectivity index (χ1) is 13.5. The highest BCUT2D eigenvalue weighted by Crippen LogP contribution is 2.39. The SMILES string of the molecule is COC(=O)NC(=O)c1c(NC(=O)CSc2ccccc2)sc2c1CC[C@@H](C)C2. The van der Waals surface area contributed by atoms with E-state index < -0.39 is 12.0 Å². The summed E-state index contributed by atoms with van der Waals surface area (Å²) in [5.41, 5.74) is 1.31. The standard InChI is InChI=1S/C20H22N2O4S2/c1-12-8-9-14-15(10-12)28-19(17(14)18(24)22-20(25)26-2)21-16(23)11-27-13-6-4-3-5-7-13/h3-7,12H,8-11H2,1-2H3,(H,21,23)(H,22,24,25)/t12-/m1/s1. The zero-order valence-electron chi connectivity index (χ0n) is 15.7. The van der Waals surface area contributed by atoms with Gasteiger partial charge in [0.05, 0.1) is 18.4 Å². The smallest absolute Gasteiger partial charge is 0.413 e. The minimum atomic E-state index is -0.814. The summed E-state index contributed by atoms with van der Waals surface area (Å²) in [7, 11) is 1.21. The number of amides is 3. The molecule has 1 aliphatic rings. The van der Waals surface area contributed by atoms with Crippen molar-refractivity contribution in [3.63, 3.8) is 0 Å². The van der Waals surface area contributed by atoms with Gasteiger partial charge in [0.1, 0.15) is 5.00 Å². The van der Waals surface area contributed by atoms with Crippen LogP contribution in [0.1, 0.15) is 34.1 Å². The number of hydrogen-bond donors (Lipinski definition) is 2. The number of benzene rings is 1. The molecule has 2 N–H and O–H groups in total. The number of carbonyl (C=O) groups excluding carboxylic acids is 3. The van der Waals surface area contributed by atoms with Gasteiger partial charge < -0.3 is 10.1 Å². The van der Waals surface area contributed by atoms with Crippen LogP contribution in [0, 0.1) is 5.92 Å². The Morgan fingerprint density at radius 1 is 1.25 bits per heavy atom. The molecule has 0 aliphatic heterocycles. The lowest BCUT2D eigenvalue weighted by atomic mass is 9.88. The molecule has 3 rings (SSSR count). The number of methoxy groups -OCH3 is 1. The molecule has 2 aromatic rings. The number of fused-ring (bicyclic) bond motifs is 1. The second-order valence-electron chi connectivity index (χ2n) is 6.65. The minimum absolute atomic E-state index is 0.187. The highest BCUT2D eigenvalue weighted by Gasteiger charge is 2.29. The van der Waals surface area contributed by atoms with Crippen LogP contribution >= 0.6 is 23.1 Å². The third-order valence-corrected chi connectivity index (χ3v) is 6.69. The van der Waals surface area contributed by atoms with Crippen molar-refractivity contribution in [1.29, 1.82) is 0 Å². The van der Waals surface area contributed by atoms with Crippen LogP contribution in [0.4, 0.5) is 9.80 Å². The summed E-state index contributed by atoms with van der Waals surface area (Å²) >= 11 is 2.85. The van der Waals surface area contributed by atoms with Crippen LogP contribution in [-0.4, -0.2) is 30.8 Å². The Morgan fingerprint density at radius 2 is 2.00 bits per heavy atom. The maximum absolute atomic E-state index is 12.6. The highest BCUT2D eigenvalue weighted by atomic mass is 32.2. The molecular formula is C20H22N2O4S2. The lowest BCUT2D eigenvalue weighted by Crippen LogP contribution is -2.31. The molecule has 1 aliphatic carbocycles. The Hall–Kier alpha value is -2.32. The molecule has 28 heavy (non-hydrogen) atoms. The Bertz CT molecular complexity index is 880. The fraction of sp³-hybridized carbons (Fsp3) is 0.350. The third kappa shape index (κ3) is 4.94. The van der Waals surface area contributed by atoms with Crippen LogP contribution in [0.15, 0.2) is 35.2 Å². The first kappa shape index (κ1) is 20.4. The normalized spacial score (nSPS) is 15.4. The summed E-state index contributed by atoms with van der Waals surface area (Å²) in [6.07, 6.45) is 1.78. The molecule has 1 aromatic carbocycles. The van der Waals surface area contributed by atoms with Crippen LogP contribution in [0.25, 0.3) is 0 Å². The largest absolute Gasteiger partial charge is 0.453 e. The second kappa shape index (κ2) is 9.25. The van der Waals surface area contributed by atoms with Crippen LogP contribution in [0.5, 0.6) is 0 Å². The molecule has 148 valence electrons. The first-order valence-electron chi connectivity index (χ1n) is 8.99. The fourth-order valence-electron chi connectivity index (χ4n) is 3.11. The van der Waals surface area contributed by atoms with Crippen molar-refractivity contribution < 1.29 is 19.1 Å². The first-order valence-corrected chi connectivity index (χ1v) is 10.8. The van der Waals surface area contributed by atoms with Crippen molar-refractivity contribution in [2.45, 2.75) is 31.1 Å². The molecule has 3 amide bonds. The molecule has 6 nitrogen and oxygen atoms in total. The monoisotopic (exact) mass is 418 g/mol. The number of ether oxygens (including phenoxy) is 1. The van der Waals surface area contributed by atoms with Gasteiger partial charge >= 0.3 is 6.09 Å². The molecule has 0 saturated heterocycles. The number of nitrogens with one attached hydrogen (secondary N) is 2. The summed E-state index contributed by atoms with van der Waals surface area (Å²) in [4.78, 5) is 38.7. The molecule has 0 saturated carbocycles. The number of rotatable bonds is 5. The van der Waals surface area contributed by atoms with E-state index in [1.807, 2.05) is 30.3 Å². The van der Waals surface area contributed by atoms with Gasteiger partial charge in [0.15, 0.2) is 0 Å². The van der Waals surface area contributed by atoms with Crippen LogP contribution in [0.2, 0.25) is 0 Å². The molecule has 1 atom stereocenters. The Labute approximate surface area is 172 Å². The Balaban J connectivity index is 1.78. The predicted molar refractivity (Wildman–Crippen MR) is 111 cm³/mol. The van der Waals surface area contributed by atoms with Gasteiger partial charge in [-0.3, -0.25) is 14.9 Å². The molecule has 0 fully saturated rings. The van der Waals surface area contributed by atoms with E-state index in [2.05, 4.69) is 22.3 Å². The van der Waals surface area contributed by atoms with Gasteiger partial charge in [-0.25, -0.2) is 4.79 Å². The van der Waals surface area contributed by atoms with Gasteiger partial charge in [-0.05, 0) is 42.9 Å². The maximum Gasteiger partial charge on any atom is 0.413 e. The summed E-state index contributed by atoms with van der Waals surface area (Å²) in [6.45, 7) is 2.17. The van der Waals surface area contributed by atoms with Crippen molar-refractivity contribution >= 4 is 46.0 Å². The zero-order valence-corrected chi connectivity index (χ0v) is 17.4. The Morgan fingerprint density at radius 3 is 2.71 bits per heavy atom. The number of thioether (sulfide) groups is 1. The van der Waals surface area contributed by atoms with E-state index in [9.17, 15) is 14.4 Å². The number of anilines is 1. The van der Waals surface area contributed by atoms with E-state index >= 15 is 0 Å². The van der Waals surface area contributed by atoms with Crippen molar-refractivity contribution in [2.24, 2.45) is 5.92 Å². The van der Waals surface area contributed by atoms with E-state index in [1.165, 1.54) is 30.2 Å². The number of thiophene rings is 1. The van der Waals surface area contributed by atoms with Crippen LogP contribution < -0.4 is 10.6 Å². The van der Waals surface area contributed by atoms with Gasteiger partial charge in [0.25, 0.3) is 5.91 Å². The summed E-state index contributed by atoms with van der Waals surface area (Å²) < 4.78 is 4.53. The molecular weight excluding hydrogens is 396 g/mol. The molecule has 1 aromatic heterocycles. The van der Waals surface area contributed by atoms with E-state index in [1.54, 1.807) is 0 Å². The Kier molecular flexibility index (Phi) is 6.74. The molecule has 0 bridgehead atoms. The van der Waals surface area contributed by atoms with Crippen molar-refractivity contribution in [3.05, 3.63) is 46.3 Å². The fourth-order valence-corrected chi connectivity index (χ4v) is 5.26. The van der Waals surface area contributed by atoms with Gasteiger partial charge in [0, 0.05) is 9.77 Å². The lowest BCUT2D eigenvalue weighted by Gasteiger charge is -2.18. The highest BCUT2D eigenvalue weighted by molar-refractivity contribution is 8.00. The number of carbonyl (C=O) groups is 3. The maximum atomic E-state index is 12.6. The van der Waals surface area contributed by atoms with Gasteiger partial charge in [-0.15, -0.1) is 23.1 Å².